The van der Waals surface area contributed by atoms with E-state index in [1.807, 2.05) is 0 Å². The van der Waals surface area contributed by atoms with Gasteiger partial charge in [-0.25, -0.2) is 0 Å². The summed E-state index contributed by atoms with van der Waals surface area (Å²) in [6.07, 6.45) is 8.13. The summed E-state index contributed by atoms with van der Waals surface area (Å²) >= 11 is 6.17. The SMILES string of the molecule is CCCc1ccc(C2=CC(Cl)CCC2)cc1. The molecule has 2 rings (SSSR count). The minimum absolute atomic E-state index is 0.235. The zero-order chi connectivity index (χ0) is 11.4. The number of rotatable bonds is 3. The number of allylic oxidation sites excluding steroid dienone is 2. The van der Waals surface area contributed by atoms with Gasteiger partial charge in [0, 0.05) is 0 Å². The molecule has 0 radical (unpaired) electrons. The van der Waals surface area contributed by atoms with E-state index in [-0.39, 0.29) is 5.38 Å². The molecule has 0 amide bonds. The van der Waals surface area contributed by atoms with Crippen LogP contribution < -0.4 is 0 Å². The Morgan fingerprint density at radius 3 is 2.62 bits per heavy atom. The number of halogens is 1. The summed E-state index contributed by atoms with van der Waals surface area (Å²) in [4.78, 5) is 0. The molecule has 0 nitrogen and oxygen atoms in total. The van der Waals surface area contributed by atoms with Gasteiger partial charge in [-0.15, -0.1) is 11.6 Å². The van der Waals surface area contributed by atoms with Crippen molar-refractivity contribution < 1.29 is 0 Å². The lowest BCUT2D eigenvalue weighted by molar-refractivity contribution is 0.747. The van der Waals surface area contributed by atoms with Gasteiger partial charge >= 0.3 is 0 Å². The number of benzene rings is 1. The standard InChI is InChI=1S/C15H19Cl/c1-2-4-12-7-9-13(10-8-12)14-5-3-6-15(16)11-14/h7-11,15H,2-6H2,1H3. The molecule has 1 aromatic carbocycles. The van der Waals surface area contributed by atoms with Crippen LogP contribution >= 0.6 is 11.6 Å². The Kier molecular flexibility index (Phi) is 4.06. The van der Waals surface area contributed by atoms with E-state index in [9.17, 15) is 0 Å². The maximum Gasteiger partial charge on any atom is 0.0522 e. The summed E-state index contributed by atoms with van der Waals surface area (Å²) in [5.41, 5.74) is 4.21. The smallest absolute Gasteiger partial charge is 0.0522 e. The maximum absolute atomic E-state index is 6.17. The first-order valence-corrected chi connectivity index (χ1v) is 6.67. The summed E-state index contributed by atoms with van der Waals surface area (Å²) in [5.74, 6) is 0. The second-order valence-electron chi connectivity index (χ2n) is 4.55. The Morgan fingerprint density at radius 1 is 1.25 bits per heavy atom. The van der Waals surface area contributed by atoms with Gasteiger partial charge in [-0.3, -0.25) is 0 Å². The quantitative estimate of drug-likeness (QED) is 0.659. The molecule has 1 unspecified atom stereocenters. The van der Waals surface area contributed by atoms with Gasteiger partial charge in [-0.2, -0.15) is 0 Å². The third-order valence-electron chi connectivity index (χ3n) is 3.17. The van der Waals surface area contributed by atoms with Gasteiger partial charge < -0.3 is 0 Å². The number of hydrogen-bond acceptors (Lipinski definition) is 0. The van der Waals surface area contributed by atoms with Crippen molar-refractivity contribution in [3.63, 3.8) is 0 Å². The molecular formula is C15H19Cl. The van der Waals surface area contributed by atoms with E-state index in [0.29, 0.717) is 0 Å². The predicted octanol–water partition coefficient (Wildman–Crippen LogP) is 4.81. The van der Waals surface area contributed by atoms with Gasteiger partial charge in [0.2, 0.25) is 0 Å². The molecule has 0 aliphatic heterocycles. The van der Waals surface area contributed by atoms with E-state index in [4.69, 9.17) is 11.6 Å². The summed E-state index contributed by atoms with van der Waals surface area (Å²) in [7, 11) is 0. The minimum atomic E-state index is 0.235. The highest BCUT2D eigenvalue weighted by molar-refractivity contribution is 6.22. The fourth-order valence-electron chi connectivity index (χ4n) is 2.29. The van der Waals surface area contributed by atoms with Crippen LogP contribution in [-0.4, -0.2) is 5.38 Å². The van der Waals surface area contributed by atoms with Gasteiger partial charge in [0.1, 0.15) is 0 Å². The number of alkyl halides is 1. The lowest BCUT2D eigenvalue weighted by Crippen LogP contribution is -2.02. The molecule has 0 aromatic heterocycles. The molecule has 1 aliphatic rings. The third kappa shape index (κ3) is 2.89. The monoisotopic (exact) mass is 234 g/mol. The first-order chi connectivity index (χ1) is 7.79. The van der Waals surface area contributed by atoms with Crippen LogP contribution in [0.15, 0.2) is 30.3 Å². The van der Waals surface area contributed by atoms with Crippen LogP contribution in [-0.2, 0) is 6.42 Å². The van der Waals surface area contributed by atoms with E-state index >= 15 is 0 Å². The second-order valence-corrected chi connectivity index (χ2v) is 5.11. The van der Waals surface area contributed by atoms with Gasteiger partial charge in [0.15, 0.2) is 0 Å². The molecule has 0 fully saturated rings. The molecular weight excluding hydrogens is 216 g/mol. The molecule has 0 bridgehead atoms. The van der Waals surface area contributed by atoms with Crippen molar-refractivity contribution in [2.24, 2.45) is 0 Å². The summed E-state index contributed by atoms with van der Waals surface area (Å²) in [5, 5.41) is 0.235. The average Bonchev–Trinajstić information content (AvgIpc) is 2.30. The van der Waals surface area contributed by atoms with E-state index in [0.717, 1.165) is 6.42 Å². The van der Waals surface area contributed by atoms with E-state index < -0.39 is 0 Å². The molecule has 0 saturated heterocycles. The molecule has 0 spiro atoms. The minimum Gasteiger partial charge on any atom is -0.118 e. The lowest BCUT2D eigenvalue weighted by atomic mass is 9.93. The normalized spacial score (nSPS) is 20.6. The van der Waals surface area contributed by atoms with Crippen molar-refractivity contribution in [3.8, 4) is 0 Å². The lowest BCUT2D eigenvalue weighted by Gasteiger charge is -2.16. The molecule has 1 aromatic rings. The zero-order valence-electron chi connectivity index (χ0n) is 9.88. The zero-order valence-corrected chi connectivity index (χ0v) is 10.6. The molecule has 86 valence electrons. The van der Waals surface area contributed by atoms with Crippen LogP contribution in [0.2, 0.25) is 0 Å². The molecule has 1 aliphatic carbocycles. The number of aryl methyl sites for hydroxylation is 1. The van der Waals surface area contributed by atoms with Crippen molar-refractivity contribution in [2.45, 2.75) is 44.4 Å². The van der Waals surface area contributed by atoms with Crippen LogP contribution in [0, 0.1) is 0 Å². The van der Waals surface area contributed by atoms with Gasteiger partial charge in [0.05, 0.1) is 5.38 Å². The first-order valence-electron chi connectivity index (χ1n) is 6.23. The van der Waals surface area contributed by atoms with Crippen molar-refractivity contribution >= 4 is 17.2 Å². The molecule has 0 saturated carbocycles. The molecule has 16 heavy (non-hydrogen) atoms. The van der Waals surface area contributed by atoms with Gasteiger partial charge in [0.25, 0.3) is 0 Å². The largest absolute Gasteiger partial charge is 0.118 e. The summed E-state index contributed by atoms with van der Waals surface area (Å²) in [6.45, 7) is 2.22. The highest BCUT2D eigenvalue weighted by Crippen LogP contribution is 2.29. The fraction of sp³-hybridized carbons (Fsp3) is 0.467. The summed E-state index contributed by atoms with van der Waals surface area (Å²) < 4.78 is 0. The van der Waals surface area contributed by atoms with Crippen LogP contribution in [0.3, 0.4) is 0 Å². The second kappa shape index (κ2) is 5.54. The summed E-state index contributed by atoms with van der Waals surface area (Å²) in [6, 6.07) is 8.98. The van der Waals surface area contributed by atoms with Crippen LogP contribution in [0.5, 0.6) is 0 Å². The number of hydrogen-bond donors (Lipinski definition) is 0. The van der Waals surface area contributed by atoms with Crippen molar-refractivity contribution in [3.05, 3.63) is 41.5 Å². The maximum atomic E-state index is 6.17. The van der Waals surface area contributed by atoms with Crippen molar-refractivity contribution in [2.75, 3.05) is 0 Å². The van der Waals surface area contributed by atoms with Crippen LogP contribution in [0.1, 0.15) is 43.7 Å². The Hall–Kier alpha value is -0.750. The molecule has 1 atom stereocenters. The first kappa shape index (κ1) is 11.7. The molecule has 0 N–H and O–H groups in total. The van der Waals surface area contributed by atoms with E-state index in [2.05, 4.69) is 37.3 Å². The highest BCUT2D eigenvalue weighted by atomic mass is 35.5. The van der Waals surface area contributed by atoms with E-state index in [1.54, 1.807) is 0 Å². The predicted molar refractivity (Wildman–Crippen MR) is 71.9 cm³/mol. The fourth-order valence-corrected chi connectivity index (χ4v) is 2.59. The topological polar surface area (TPSA) is 0 Å². The van der Waals surface area contributed by atoms with Crippen LogP contribution in [0.4, 0.5) is 0 Å². The van der Waals surface area contributed by atoms with Gasteiger partial charge in [-0.1, -0.05) is 43.7 Å². The van der Waals surface area contributed by atoms with Gasteiger partial charge in [-0.05, 0) is 42.4 Å². The van der Waals surface area contributed by atoms with Crippen molar-refractivity contribution in [1.29, 1.82) is 0 Å². The van der Waals surface area contributed by atoms with E-state index in [1.165, 1.54) is 42.4 Å². The Labute approximate surface area is 103 Å². The average molecular weight is 235 g/mol. The Morgan fingerprint density at radius 2 is 2.00 bits per heavy atom. The Balaban J connectivity index is 2.15. The Bertz CT molecular complexity index is 362. The molecule has 0 heterocycles. The highest BCUT2D eigenvalue weighted by Gasteiger charge is 2.12. The molecule has 1 heteroatoms. The third-order valence-corrected chi connectivity index (χ3v) is 3.52. The van der Waals surface area contributed by atoms with Crippen LogP contribution in [0.25, 0.3) is 5.57 Å². The van der Waals surface area contributed by atoms with Crippen molar-refractivity contribution in [1.82, 2.24) is 0 Å².